The van der Waals surface area contributed by atoms with Gasteiger partial charge in [0.05, 0.1) is 11.0 Å². The number of nitrogens with one attached hydrogen (secondary N) is 1. The molecule has 0 radical (unpaired) electrons. The van der Waals surface area contributed by atoms with E-state index in [2.05, 4.69) is 43.5 Å². The van der Waals surface area contributed by atoms with Gasteiger partial charge in [-0.25, -0.2) is 4.98 Å². The minimum Gasteiger partial charge on any atom is -0.338 e. The lowest BCUT2D eigenvalue weighted by molar-refractivity contribution is 0.621. The molecule has 2 aromatic carbocycles. The third-order valence-corrected chi connectivity index (χ3v) is 2.44. The molecule has 0 saturated heterocycles. The van der Waals surface area contributed by atoms with Crippen molar-refractivity contribution in [3.63, 3.8) is 0 Å². The van der Waals surface area contributed by atoms with Crippen LogP contribution in [0.1, 0.15) is 0 Å². The molecule has 7 heteroatoms. The predicted octanol–water partition coefficient (Wildman–Crippen LogP) is 3.94. The standard InChI is InChI=1S/C13H10N2.Cl2O2S/c1-2-6-10(7-3-1)13-14-11-8-4-5-9-12(11)15-13;1-5(2,3)4/h1-9H,(H,14,15);. The van der Waals surface area contributed by atoms with Crippen molar-refractivity contribution in [3.05, 3.63) is 54.6 Å². The van der Waals surface area contributed by atoms with Gasteiger partial charge in [0.25, 0.3) is 0 Å². The largest absolute Gasteiger partial charge is 0.338 e. The molecule has 1 N–H and O–H groups in total. The van der Waals surface area contributed by atoms with E-state index in [9.17, 15) is 0 Å². The number of halogens is 2. The van der Waals surface area contributed by atoms with Gasteiger partial charge >= 0.3 is 8.26 Å². The fraction of sp³-hybridized carbons (Fsp3) is 0. The summed E-state index contributed by atoms with van der Waals surface area (Å²) in [4.78, 5) is 7.83. The lowest BCUT2D eigenvalue weighted by Crippen LogP contribution is -1.77. The summed E-state index contributed by atoms with van der Waals surface area (Å²) in [6.45, 7) is 0. The number of rotatable bonds is 1. The summed E-state index contributed by atoms with van der Waals surface area (Å²) in [7, 11) is 4.81. The Morgan fingerprint density at radius 1 is 0.900 bits per heavy atom. The molecule has 0 saturated carbocycles. The summed E-state index contributed by atoms with van der Waals surface area (Å²) in [5, 5.41) is 0. The highest BCUT2D eigenvalue weighted by Crippen LogP contribution is 2.19. The van der Waals surface area contributed by atoms with Gasteiger partial charge in [0.1, 0.15) is 5.82 Å². The predicted molar refractivity (Wildman–Crippen MR) is 82.2 cm³/mol. The van der Waals surface area contributed by atoms with E-state index in [0.717, 1.165) is 22.4 Å². The topological polar surface area (TPSA) is 62.8 Å². The maximum atomic E-state index is 9.16. The van der Waals surface area contributed by atoms with Crippen molar-refractivity contribution in [2.45, 2.75) is 0 Å². The first-order valence-electron chi connectivity index (χ1n) is 5.58. The molecule has 0 unspecified atom stereocenters. The molecule has 0 atom stereocenters. The zero-order chi connectivity index (χ0) is 14.6. The molecule has 4 nitrogen and oxygen atoms in total. The number of para-hydroxylation sites is 2. The molecule has 3 aromatic rings. The van der Waals surface area contributed by atoms with Gasteiger partial charge in [-0.3, -0.25) is 0 Å². The number of hydrogen-bond donors (Lipinski definition) is 1. The number of hydrogen-bond acceptors (Lipinski definition) is 3. The van der Waals surface area contributed by atoms with Crippen molar-refractivity contribution in [1.29, 1.82) is 0 Å². The van der Waals surface area contributed by atoms with E-state index < -0.39 is 8.26 Å². The fourth-order valence-corrected chi connectivity index (χ4v) is 1.69. The molecule has 3 rings (SSSR count). The molecule has 0 amide bonds. The van der Waals surface area contributed by atoms with Crippen LogP contribution in [0.4, 0.5) is 0 Å². The Bertz CT molecular complexity index is 760. The quantitative estimate of drug-likeness (QED) is 0.688. The van der Waals surface area contributed by atoms with Gasteiger partial charge in [-0.05, 0) is 12.1 Å². The summed E-state index contributed by atoms with van der Waals surface area (Å²) in [6.07, 6.45) is 0. The highest BCUT2D eigenvalue weighted by molar-refractivity contribution is 8.31. The second-order valence-electron chi connectivity index (χ2n) is 3.85. The minimum absolute atomic E-state index is 0.928. The van der Waals surface area contributed by atoms with Crippen molar-refractivity contribution in [2.24, 2.45) is 0 Å². The van der Waals surface area contributed by atoms with Crippen LogP contribution in [-0.2, 0) is 8.26 Å². The van der Waals surface area contributed by atoms with Crippen molar-refractivity contribution >= 4 is 40.7 Å². The van der Waals surface area contributed by atoms with Crippen LogP contribution in [0.25, 0.3) is 22.4 Å². The number of aromatic nitrogens is 2. The van der Waals surface area contributed by atoms with Crippen molar-refractivity contribution < 1.29 is 8.42 Å². The molecule has 0 bridgehead atoms. The number of benzene rings is 2. The Labute approximate surface area is 125 Å². The lowest BCUT2D eigenvalue weighted by Gasteiger charge is -1.93. The summed E-state index contributed by atoms with van der Waals surface area (Å²) < 4.78 is 18.3. The highest BCUT2D eigenvalue weighted by Gasteiger charge is 2.02. The van der Waals surface area contributed by atoms with Gasteiger partial charge in [0.15, 0.2) is 0 Å². The molecule has 0 aliphatic rings. The first kappa shape index (κ1) is 14.8. The summed E-state index contributed by atoms with van der Waals surface area (Å²) in [5.41, 5.74) is 3.21. The average molecular weight is 329 g/mol. The van der Waals surface area contributed by atoms with Crippen LogP contribution in [0.5, 0.6) is 0 Å². The molecule has 104 valence electrons. The normalized spacial score (nSPS) is 10.9. The molecule has 0 fully saturated rings. The number of H-pyrrole nitrogens is 1. The van der Waals surface area contributed by atoms with Crippen LogP contribution < -0.4 is 0 Å². The summed E-state index contributed by atoms with van der Waals surface area (Å²) in [6, 6.07) is 18.2. The average Bonchev–Trinajstić information content (AvgIpc) is 2.81. The van der Waals surface area contributed by atoms with Crippen LogP contribution in [0.15, 0.2) is 54.6 Å². The molecular formula is C13H10Cl2N2O2S. The second-order valence-corrected chi connectivity index (χ2v) is 7.52. The highest BCUT2D eigenvalue weighted by atomic mass is 36.0. The van der Waals surface area contributed by atoms with E-state index in [1.54, 1.807) is 0 Å². The monoisotopic (exact) mass is 328 g/mol. The minimum atomic E-state index is -3.72. The zero-order valence-corrected chi connectivity index (χ0v) is 12.5. The summed E-state index contributed by atoms with van der Waals surface area (Å²) >= 11 is 0. The third kappa shape index (κ3) is 4.52. The molecule has 20 heavy (non-hydrogen) atoms. The first-order valence-corrected chi connectivity index (χ1v) is 8.71. The van der Waals surface area contributed by atoms with Crippen LogP contribution in [-0.4, -0.2) is 18.4 Å². The van der Waals surface area contributed by atoms with E-state index in [1.165, 1.54) is 0 Å². The zero-order valence-electron chi connectivity index (χ0n) is 10.1. The molecule has 0 aliphatic heterocycles. The third-order valence-electron chi connectivity index (χ3n) is 2.44. The van der Waals surface area contributed by atoms with E-state index in [1.807, 2.05) is 42.5 Å². The Morgan fingerprint density at radius 2 is 1.45 bits per heavy atom. The van der Waals surface area contributed by atoms with Gasteiger partial charge in [-0.1, -0.05) is 42.5 Å². The maximum Gasteiger partial charge on any atom is 0.317 e. The second kappa shape index (κ2) is 6.26. The summed E-state index contributed by atoms with van der Waals surface area (Å²) in [5.74, 6) is 0.928. The maximum absolute atomic E-state index is 9.16. The molecule has 0 aliphatic carbocycles. The van der Waals surface area contributed by atoms with Gasteiger partial charge in [-0.2, -0.15) is 8.42 Å². The first-order chi connectivity index (χ1) is 9.43. The molecule has 1 aromatic heterocycles. The lowest BCUT2D eigenvalue weighted by atomic mass is 10.2. The molecule has 1 heterocycles. The van der Waals surface area contributed by atoms with Crippen LogP contribution in [0, 0.1) is 0 Å². The molecular weight excluding hydrogens is 319 g/mol. The Kier molecular flexibility index (Phi) is 4.65. The van der Waals surface area contributed by atoms with Crippen molar-refractivity contribution in [2.75, 3.05) is 0 Å². The number of aromatic amines is 1. The SMILES string of the molecule is O=S(=O)(Cl)Cl.c1ccc(-c2nc3ccccc3[nH]2)cc1. The van der Waals surface area contributed by atoms with Gasteiger partial charge < -0.3 is 4.98 Å². The Morgan fingerprint density at radius 3 is 2.05 bits per heavy atom. The van der Waals surface area contributed by atoms with Crippen LogP contribution in [0.2, 0.25) is 0 Å². The number of fused-ring (bicyclic) bond motifs is 1. The number of imidazole rings is 1. The van der Waals surface area contributed by atoms with Gasteiger partial charge in [0, 0.05) is 26.9 Å². The smallest absolute Gasteiger partial charge is 0.317 e. The van der Waals surface area contributed by atoms with Crippen LogP contribution in [0.3, 0.4) is 0 Å². The Hall–Kier alpha value is -1.56. The number of nitrogens with zero attached hydrogens (tertiary/aromatic N) is 1. The van der Waals surface area contributed by atoms with E-state index in [4.69, 9.17) is 8.42 Å². The van der Waals surface area contributed by atoms with Crippen molar-refractivity contribution in [1.82, 2.24) is 9.97 Å². The van der Waals surface area contributed by atoms with E-state index >= 15 is 0 Å². The van der Waals surface area contributed by atoms with Gasteiger partial charge in [-0.15, -0.1) is 0 Å². The van der Waals surface area contributed by atoms with Gasteiger partial charge in [0.2, 0.25) is 0 Å². The van der Waals surface area contributed by atoms with E-state index in [0.29, 0.717) is 0 Å². The fourth-order valence-electron chi connectivity index (χ4n) is 1.69. The Balaban J connectivity index is 0.000000257. The van der Waals surface area contributed by atoms with E-state index in [-0.39, 0.29) is 0 Å². The van der Waals surface area contributed by atoms with Crippen molar-refractivity contribution in [3.8, 4) is 11.4 Å². The molecule has 0 spiro atoms. The van der Waals surface area contributed by atoms with Crippen LogP contribution >= 0.6 is 21.4 Å².